The molecule has 0 saturated heterocycles. The average molecular weight is 261 g/mol. The largest absolute Gasteiger partial charge is 0.405 e. The van der Waals surface area contributed by atoms with E-state index in [0.29, 0.717) is 12.8 Å². The molecule has 0 unspecified atom stereocenters. The predicted octanol–water partition coefficient (Wildman–Crippen LogP) is 1.75. The number of carbonyl (C=O) groups is 1. The third kappa shape index (κ3) is 4.57. The van der Waals surface area contributed by atoms with E-state index >= 15 is 0 Å². The molecule has 7 heteroatoms. The summed E-state index contributed by atoms with van der Waals surface area (Å²) in [6.07, 6.45) is -0.842. The van der Waals surface area contributed by atoms with Gasteiger partial charge in [-0.25, -0.2) is 0 Å². The number of carbonyl (C=O) groups excluding carboxylic acids is 1. The Morgan fingerprint density at radius 3 is 2.19 bits per heavy atom. The first kappa shape index (κ1) is 15.5. The maximum absolute atomic E-state index is 11.9. The van der Waals surface area contributed by atoms with Crippen LogP contribution in [-0.2, 0) is 4.79 Å². The maximum atomic E-state index is 11.9. The number of nitrogens with two attached hydrogens (primary N) is 1. The van der Waals surface area contributed by atoms with E-state index in [4.69, 9.17) is 5.73 Å². The summed E-state index contributed by atoms with van der Waals surface area (Å²) < 4.78 is 35.6. The van der Waals surface area contributed by atoms with Gasteiger partial charge < -0.3 is 11.1 Å². The van der Waals surface area contributed by atoms with Crippen LogP contribution in [0.5, 0.6) is 0 Å². The second-order valence-electron chi connectivity index (χ2n) is 4.01. The zero-order valence-electron chi connectivity index (χ0n) is 8.77. The van der Waals surface area contributed by atoms with Gasteiger partial charge in [0.1, 0.15) is 6.54 Å². The Morgan fingerprint density at radius 1 is 1.25 bits per heavy atom. The van der Waals surface area contributed by atoms with Crippen LogP contribution in [0.4, 0.5) is 13.2 Å². The molecule has 0 bridgehead atoms. The lowest BCUT2D eigenvalue weighted by Crippen LogP contribution is -2.56. The van der Waals surface area contributed by atoms with Crippen molar-refractivity contribution in [2.45, 2.75) is 43.8 Å². The first-order valence-electron chi connectivity index (χ1n) is 4.97. The van der Waals surface area contributed by atoms with Gasteiger partial charge in [-0.05, 0) is 12.8 Å². The molecule has 1 fully saturated rings. The van der Waals surface area contributed by atoms with Crippen LogP contribution >= 0.6 is 12.4 Å². The normalized spacial score (nSPS) is 19.8. The highest BCUT2D eigenvalue weighted by molar-refractivity contribution is 5.86. The zero-order chi connectivity index (χ0) is 11.5. The smallest absolute Gasteiger partial charge is 0.345 e. The van der Waals surface area contributed by atoms with Crippen molar-refractivity contribution in [2.75, 3.05) is 6.54 Å². The summed E-state index contributed by atoms with van der Waals surface area (Å²) in [6.45, 7) is -1.30. The Hall–Kier alpha value is -0.490. The summed E-state index contributed by atoms with van der Waals surface area (Å²) in [6, 6.07) is 0. The van der Waals surface area contributed by atoms with Crippen molar-refractivity contribution in [3.05, 3.63) is 0 Å². The minimum atomic E-state index is -4.37. The van der Waals surface area contributed by atoms with Gasteiger partial charge in [-0.2, -0.15) is 13.2 Å². The van der Waals surface area contributed by atoms with Crippen LogP contribution in [0.1, 0.15) is 32.1 Å². The molecule has 3 N–H and O–H groups in total. The Balaban J connectivity index is 0.00000225. The van der Waals surface area contributed by atoms with Crippen LogP contribution < -0.4 is 11.1 Å². The SMILES string of the molecule is Cl.NC1(C(=O)NCC(F)(F)F)CCCCC1. The van der Waals surface area contributed by atoms with Crippen LogP contribution in [0.25, 0.3) is 0 Å². The van der Waals surface area contributed by atoms with E-state index in [1.807, 2.05) is 5.32 Å². The van der Waals surface area contributed by atoms with Gasteiger partial charge in [-0.15, -0.1) is 12.4 Å². The molecule has 0 heterocycles. The molecule has 1 saturated carbocycles. The van der Waals surface area contributed by atoms with Crippen molar-refractivity contribution in [2.24, 2.45) is 5.73 Å². The summed E-state index contributed by atoms with van der Waals surface area (Å²) in [5, 5.41) is 1.84. The molecule has 16 heavy (non-hydrogen) atoms. The van der Waals surface area contributed by atoms with E-state index in [1.165, 1.54) is 0 Å². The van der Waals surface area contributed by atoms with E-state index in [-0.39, 0.29) is 12.4 Å². The van der Waals surface area contributed by atoms with Crippen molar-refractivity contribution in [1.82, 2.24) is 5.32 Å². The monoisotopic (exact) mass is 260 g/mol. The number of hydrogen-bond acceptors (Lipinski definition) is 2. The number of alkyl halides is 3. The van der Waals surface area contributed by atoms with Crippen LogP contribution in [0.15, 0.2) is 0 Å². The lowest BCUT2D eigenvalue weighted by molar-refractivity contribution is -0.142. The molecular formula is C9H16ClF3N2O. The van der Waals surface area contributed by atoms with Crippen molar-refractivity contribution >= 4 is 18.3 Å². The lowest BCUT2D eigenvalue weighted by Gasteiger charge is -2.31. The summed E-state index contributed by atoms with van der Waals surface area (Å²) in [5.74, 6) is -0.681. The fraction of sp³-hybridized carbons (Fsp3) is 0.889. The fourth-order valence-corrected chi connectivity index (χ4v) is 1.77. The van der Waals surface area contributed by atoms with Gasteiger partial charge in [-0.1, -0.05) is 19.3 Å². The first-order valence-corrected chi connectivity index (χ1v) is 4.97. The van der Waals surface area contributed by atoms with E-state index in [9.17, 15) is 18.0 Å². The van der Waals surface area contributed by atoms with Gasteiger partial charge in [0.2, 0.25) is 5.91 Å². The van der Waals surface area contributed by atoms with Crippen LogP contribution in [-0.4, -0.2) is 24.2 Å². The molecule has 0 aliphatic heterocycles. The van der Waals surface area contributed by atoms with Crippen molar-refractivity contribution in [1.29, 1.82) is 0 Å². The van der Waals surface area contributed by atoms with Crippen molar-refractivity contribution < 1.29 is 18.0 Å². The Morgan fingerprint density at radius 2 is 1.75 bits per heavy atom. The Labute approximate surface area is 98.4 Å². The molecule has 1 rings (SSSR count). The van der Waals surface area contributed by atoms with Gasteiger partial charge >= 0.3 is 6.18 Å². The topological polar surface area (TPSA) is 55.1 Å². The van der Waals surface area contributed by atoms with E-state index in [1.54, 1.807) is 0 Å². The van der Waals surface area contributed by atoms with Crippen LogP contribution in [0, 0.1) is 0 Å². The summed E-state index contributed by atoms with van der Waals surface area (Å²) in [7, 11) is 0. The Bertz CT molecular complexity index is 239. The highest BCUT2D eigenvalue weighted by Crippen LogP contribution is 2.26. The van der Waals surface area contributed by atoms with Crippen molar-refractivity contribution in [3.63, 3.8) is 0 Å². The van der Waals surface area contributed by atoms with Crippen molar-refractivity contribution in [3.8, 4) is 0 Å². The van der Waals surface area contributed by atoms with Gasteiger partial charge in [0.25, 0.3) is 0 Å². The van der Waals surface area contributed by atoms with Gasteiger partial charge in [-0.3, -0.25) is 4.79 Å². The zero-order valence-corrected chi connectivity index (χ0v) is 9.59. The maximum Gasteiger partial charge on any atom is 0.405 e. The minimum absolute atomic E-state index is 0. The lowest BCUT2D eigenvalue weighted by atomic mass is 9.82. The third-order valence-electron chi connectivity index (χ3n) is 2.65. The molecule has 3 nitrogen and oxygen atoms in total. The number of hydrogen-bond donors (Lipinski definition) is 2. The Kier molecular flexibility index (Phi) is 5.55. The van der Waals surface area contributed by atoms with E-state index < -0.39 is 24.2 Å². The van der Waals surface area contributed by atoms with Crippen LogP contribution in [0.3, 0.4) is 0 Å². The summed E-state index contributed by atoms with van der Waals surface area (Å²) >= 11 is 0. The first-order chi connectivity index (χ1) is 6.83. The predicted molar refractivity (Wildman–Crippen MR) is 56.3 cm³/mol. The molecule has 1 aliphatic rings. The molecular weight excluding hydrogens is 245 g/mol. The summed E-state index contributed by atoms with van der Waals surface area (Å²) in [4.78, 5) is 11.4. The molecule has 0 aromatic heterocycles. The number of amides is 1. The van der Waals surface area contributed by atoms with Crippen LogP contribution in [0.2, 0.25) is 0 Å². The standard InChI is InChI=1S/C9H15F3N2O.ClH/c10-9(11,12)6-14-7(15)8(13)4-2-1-3-5-8;/h1-6,13H2,(H,14,15);1H. The highest BCUT2D eigenvalue weighted by atomic mass is 35.5. The third-order valence-corrected chi connectivity index (χ3v) is 2.65. The van der Waals surface area contributed by atoms with Gasteiger partial charge in [0.05, 0.1) is 5.54 Å². The average Bonchev–Trinajstić information content (AvgIpc) is 2.14. The van der Waals surface area contributed by atoms with E-state index in [2.05, 4.69) is 0 Å². The number of rotatable bonds is 2. The second-order valence-corrected chi connectivity index (χ2v) is 4.01. The molecule has 0 aromatic carbocycles. The number of halogens is 4. The number of nitrogens with one attached hydrogen (secondary N) is 1. The quantitative estimate of drug-likeness (QED) is 0.795. The second kappa shape index (κ2) is 5.72. The summed E-state index contributed by atoms with van der Waals surface area (Å²) in [5.41, 5.74) is 4.66. The fourth-order valence-electron chi connectivity index (χ4n) is 1.77. The molecule has 0 spiro atoms. The van der Waals surface area contributed by atoms with Gasteiger partial charge in [0.15, 0.2) is 0 Å². The van der Waals surface area contributed by atoms with Gasteiger partial charge in [0, 0.05) is 0 Å². The highest BCUT2D eigenvalue weighted by Gasteiger charge is 2.37. The molecule has 0 atom stereocenters. The minimum Gasteiger partial charge on any atom is -0.345 e. The molecule has 1 aliphatic carbocycles. The molecule has 0 radical (unpaired) electrons. The molecule has 1 amide bonds. The molecule has 0 aromatic rings. The molecule has 96 valence electrons. The van der Waals surface area contributed by atoms with E-state index in [0.717, 1.165) is 19.3 Å².